The third kappa shape index (κ3) is 6.35. The van der Waals surface area contributed by atoms with Crippen molar-refractivity contribution >= 4 is 43.1 Å². The van der Waals surface area contributed by atoms with Crippen molar-refractivity contribution in [2.45, 2.75) is 24.8 Å². The van der Waals surface area contributed by atoms with Gasteiger partial charge < -0.3 is 4.74 Å². The lowest BCUT2D eigenvalue weighted by Gasteiger charge is -2.16. The molecule has 28 heavy (non-hydrogen) atoms. The van der Waals surface area contributed by atoms with E-state index in [0.717, 1.165) is 0 Å². The number of hydrogen-bond acceptors (Lipinski definition) is 5. The molecule has 1 unspecified atom stereocenters. The fourth-order valence-electron chi connectivity index (χ4n) is 2.36. The van der Waals surface area contributed by atoms with E-state index in [1.807, 2.05) is 0 Å². The summed E-state index contributed by atoms with van der Waals surface area (Å²) < 4.78 is 56.0. The van der Waals surface area contributed by atoms with Crippen LogP contribution in [0.5, 0.6) is 5.75 Å². The minimum absolute atomic E-state index is 0.00657. The van der Waals surface area contributed by atoms with Gasteiger partial charge in [0.25, 0.3) is 0 Å². The second-order valence-corrected chi connectivity index (χ2v) is 11.1. The van der Waals surface area contributed by atoms with Crippen LogP contribution in [0.25, 0.3) is 0 Å². The SMILES string of the molecule is CCS(=O)(=O)CCOc1ccc(S(=O)(=O)NC(C)c2ccc(Cl)cc2Cl)cc1. The molecule has 6 nitrogen and oxygen atoms in total. The van der Waals surface area contributed by atoms with Gasteiger partial charge in [-0.3, -0.25) is 0 Å². The predicted octanol–water partition coefficient (Wildman–Crippen LogP) is 3.85. The topological polar surface area (TPSA) is 89.5 Å². The highest BCUT2D eigenvalue weighted by Crippen LogP contribution is 2.27. The van der Waals surface area contributed by atoms with Crippen molar-refractivity contribution in [3.63, 3.8) is 0 Å². The van der Waals surface area contributed by atoms with E-state index in [4.69, 9.17) is 27.9 Å². The van der Waals surface area contributed by atoms with Gasteiger partial charge in [-0.1, -0.05) is 36.2 Å². The van der Waals surface area contributed by atoms with Gasteiger partial charge >= 0.3 is 0 Å². The zero-order valence-electron chi connectivity index (χ0n) is 15.4. The van der Waals surface area contributed by atoms with E-state index in [1.165, 1.54) is 24.3 Å². The first-order valence-electron chi connectivity index (χ1n) is 8.44. The zero-order valence-corrected chi connectivity index (χ0v) is 18.5. The van der Waals surface area contributed by atoms with E-state index in [0.29, 0.717) is 21.4 Å². The fourth-order valence-corrected chi connectivity index (χ4v) is 4.78. The van der Waals surface area contributed by atoms with Crippen LogP contribution in [0.3, 0.4) is 0 Å². The molecule has 2 rings (SSSR count). The van der Waals surface area contributed by atoms with Crippen molar-refractivity contribution in [2.75, 3.05) is 18.1 Å². The molecule has 0 spiro atoms. The molecule has 2 aromatic rings. The normalized spacial score (nSPS) is 13.3. The van der Waals surface area contributed by atoms with Crippen LogP contribution in [-0.2, 0) is 19.9 Å². The van der Waals surface area contributed by atoms with Crippen molar-refractivity contribution in [1.82, 2.24) is 4.72 Å². The molecule has 10 heteroatoms. The summed E-state index contributed by atoms with van der Waals surface area (Å²) in [7, 11) is -6.91. The monoisotopic (exact) mass is 465 g/mol. The number of halogens is 2. The maximum absolute atomic E-state index is 12.6. The molecule has 154 valence electrons. The van der Waals surface area contributed by atoms with Gasteiger partial charge in [-0.2, -0.15) is 0 Å². The standard InChI is InChI=1S/C18H21Cl2NO5S2/c1-3-27(22,23)11-10-26-15-5-7-16(8-6-15)28(24,25)21-13(2)17-9-4-14(19)12-18(17)20/h4-9,12-13,21H,3,10-11H2,1-2H3. The largest absolute Gasteiger partial charge is 0.493 e. The molecule has 0 bridgehead atoms. The molecule has 0 saturated carbocycles. The number of sulfonamides is 1. The summed E-state index contributed by atoms with van der Waals surface area (Å²) in [5.74, 6) is 0.346. The third-order valence-corrected chi connectivity index (χ3v) is 7.79. The Morgan fingerprint density at radius 1 is 1.04 bits per heavy atom. The summed E-state index contributed by atoms with van der Waals surface area (Å²) in [5, 5.41) is 0.833. The maximum atomic E-state index is 12.6. The molecule has 0 fully saturated rings. The molecule has 0 saturated heterocycles. The van der Waals surface area contributed by atoms with Gasteiger partial charge in [0.1, 0.15) is 12.4 Å². The molecular weight excluding hydrogens is 445 g/mol. The van der Waals surface area contributed by atoms with Gasteiger partial charge in [-0.05, 0) is 48.9 Å². The highest BCUT2D eigenvalue weighted by Gasteiger charge is 2.20. The summed E-state index contributed by atoms with van der Waals surface area (Å²) in [6.07, 6.45) is 0. The van der Waals surface area contributed by atoms with E-state index < -0.39 is 25.9 Å². The molecule has 2 aromatic carbocycles. The Morgan fingerprint density at radius 2 is 1.68 bits per heavy atom. The minimum atomic E-state index is -3.79. The van der Waals surface area contributed by atoms with Crippen molar-refractivity contribution in [3.8, 4) is 5.75 Å². The Morgan fingerprint density at radius 3 is 2.25 bits per heavy atom. The van der Waals surface area contributed by atoms with Gasteiger partial charge in [0, 0.05) is 21.8 Å². The van der Waals surface area contributed by atoms with E-state index >= 15 is 0 Å². The molecule has 0 aliphatic carbocycles. The Labute approximate surface area is 175 Å². The van der Waals surface area contributed by atoms with E-state index in [2.05, 4.69) is 4.72 Å². The average Bonchev–Trinajstić information content (AvgIpc) is 2.61. The van der Waals surface area contributed by atoms with Crippen LogP contribution in [0.4, 0.5) is 0 Å². The van der Waals surface area contributed by atoms with Crippen LogP contribution in [-0.4, -0.2) is 34.9 Å². The Hall–Kier alpha value is -1.32. The predicted molar refractivity (Wildman–Crippen MR) is 111 cm³/mol. The number of ether oxygens (including phenoxy) is 1. The number of sulfone groups is 1. The summed E-state index contributed by atoms with van der Waals surface area (Å²) in [5.41, 5.74) is 0.603. The first kappa shape index (κ1) is 23.0. The lowest BCUT2D eigenvalue weighted by Crippen LogP contribution is -2.27. The molecule has 0 radical (unpaired) electrons. The van der Waals surface area contributed by atoms with Crippen molar-refractivity contribution < 1.29 is 21.6 Å². The Balaban J connectivity index is 2.05. The summed E-state index contributed by atoms with van der Waals surface area (Å²) >= 11 is 12.0. The molecule has 0 heterocycles. The minimum Gasteiger partial charge on any atom is -0.493 e. The van der Waals surface area contributed by atoms with Gasteiger partial charge in [-0.25, -0.2) is 21.6 Å². The summed E-state index contributed by atoms with van der Waals surface area (Å²) in [6, 6.07) is 10.0. The molecule has 1 N–H and O–H groups in total. The number of rotatable bonds is 9. The average molecular weight is 466 g/mol. The van der Waals surface area contributed by atoms with Crippen molar-refractivity contribution in [3.05, 3.63) is 58.1 Å². The molecule has 0 aliphatic rings. The lowest BCUT2D eigenvalue weighted by molar-refractivity contribution is 0.340. The fraction of sp³-hybridized carbons (Fsp3) is 0.333. The van der Waals surface area contributed by atoms with Gasteiger partial charge in [0.05, 0.1) is 10.6 Å². The van der Waals surface area contributed by atoms with Crippen LogP contribution in [0.2, 0.25) is 10.0 Å². The van der Waals surface area contributed by atoms with Gasteiger partial charge in [0.15, 0.2) is 9.84 Å². The number of hydrogen-bond donors (Lipinski definition) is 1. The maximum Gasteiger partial charge on any atom is 0.241 e. The second-order valence-electron chi connectivity index (χ2n) is 6.07. The smallest absolute Gasteiger partial charge is 0.241 e. The first-order chi connectivity index (χ1) is 13.0. The van der Waals surface area contributed by atoms with E-state index in [9.17, 15) is 16.8 Å². The highest BCUT2D eigenvalue weighted by atomic mass is 35.5. The molecule has 0 aliphatic heterocycles. The Bertz CT molecular complexity index is 1020. The zero-order chi connectivity index (χ0) is 20.9. The van der Waals surface area contributed by atoms with Crippen molar-refractivity contribution in [2.24, 2.45) is 0 Å². The van der Waals surface area contributed by atoms with Crippen molar-refractivity contribution in [1.29, 1.82) is 0 Å². The molecule has 0 amide bonds. The van der Waals surface area contributed by atoms with Gasteiger partial charge in [0.2, 0.25) is 10.0 Å². The van der Waals surface area contributed by atoms with E-state index in [1.54, 1.807) is 32.0 Å². The third-order valence-electron chi connectivity index (χ3n) is 4.00. The second kappa shape index (κ2) is 9.45. The number of benzene rings is 2. The highest BCUT2D eigenvalue weighted by molar-refractivity contribution is 7.91. The van der Waals surface area contributed by atoms with Crippen LogP contribution in [0.1, 0.15) is 25.5 Å². The summed E-state index contributed by atoms with van der Waals surface area (Å²) in [6.45, 7) is 3.26. The first-order valence-corrected chi connectivity index (χ1v) is 12.5. The van der Waals surface area contributed by atoms with E-state index in [-0.39, 0.29) is 23.0 Å². The van der Waals surface area contributed by atoms with Crippen LogP contribution in [0, 0.1) is 0 Å². The van der Waals surface area contributed by atoms with Crippen LogP contribution in [0.15, 0.2) is 47.4 Å². The molecule has 1 atom stereocenters. The molecule has 0 aromatic heterocycles. The van der Waals surface area contributed by atoms with Gasteiger partial charge in [-0.15, -0.1) is 0 Å². The quantitative estimate of drug-likeness (QED) is 0.607. The summed E-state index contributed by atoms with van der Waals surface area (Å²) in [4.78, 5) is 0.0537. The Kier molecular flexibility index (Phi) is 7.75. The number of nitrogens with one attached hydrogen (secondary N) is 1. The van der Waals surface area contributed by atoms with Crippen LogP contribution >= 0.6 is 23.2 Å². The lowest BCUT2D eigenvalue weighted by atomic mass is 10.1. The van der Waals surface area contributed by atoms with Crippen LogP contribution < -0.4 is 9.46 Å². The molecular formula is C18H21Cl2NO5S2.